The van der Waals surface area contributed by atoms with Crippen LogP contribution in [0.15, 0.2) is 42.6 Å². The summed E-state index contributed by atoms with van der Waals surface area (Å²) in [6.07, 6.45) is 1.78. The molecule has 0 fully saturated rings. The number of hydrogen-bond donors (Lipinski definition) is 1. The molecule has 0 aliphatic carbocycles. The first-order valence-electron chi connectivity index (χ1n) is 9.42. The predicted octanol–water partition coefficient (Wildman–Crippen LogP) is 3.66. The fourth-order valence-corrected chi connectivity index (χ4v) is 3.11. The summed E-state index contributed by atoms with van der Waals surface area (Å²) in [6.45, 7) is 12.3. The van der Waals surface area contributed by atoms with Crippen LogP contribution in [0.5, 0.6) is 0 Å². The molecule has 4 nitrogen and oxygen atoms in total. The number of benzene rings is 1. The highest BCUT2D eigenvalue weighted by Crippen LogP contribution is 2.22. The van der Waals surface area contributed by atoms with Gasteiger partial charge in [0, 0.05) is 45.2 Å². The van der Waals surface area contributed by atoms with E-state index in [1.807, 2.05) is 6.92 Å². The second kappa shape index (κ2) is 9.36. The summed E-state index contributed by atoms with van der Waals surface area (Å²) in [5.41, 5.74) is 4.09. The number of aliphatic hydroxyl groups excluding tert-OH is 1. The highest BCUT2D eigenvalue weighted by atomic mass is 16.5. The van der Waals surface area contributed by atoms with Crippen molar-refractivity contribution in [2.45, 2.75) is 52.3 Å². The first kappa shape index (κ1) is 20.7. The lowest BCUT2D eigenvalue weighted by atomic mass is 9.87. The van der Waals surface area contributed by atoms with Crippen molar-refractivity contribution in [2.24, 2.45) is 0 Å². The average molecular weight is 359 g/mol. The number of methoxy groups -OCH3 is 1. The summed E-state index contributed by atoms with van der Waals surface area (Å²) in [4.78, 5) is 2.24. The summed E-state index contributed by atoms with van der Waals surface area (Å²) in [7, 11) is 1.71. The van der Waals surface area contributed by atoms with E-state index in [0.717, 1.165) is 19.6 Å². The summed E-state index contributed by atoms with van der Waals surface area (Å²) in [5, 5.41) is 9.76. The number of ether oxygens (including phenoxy) is 1. The monoisotopic (exact) mass is 358 g/mol. The second-order valence-corrected chi connectivity index (χ2v) is 8.15. The van der Waals surface area contributed by atoms with Crippen LogP contribution >= 0.6 is 0 Å². The third-order valence-electron chi connectivity index (χ3n) is 4.62. The quantitative estimate of drug-likeness (QED) is 0.743. The maximum Gasteiger partial charge on any atom is 0.0639 e. The van der Waals surface area contributed by atoms with Crippen LogP contribution in [0.1, 0.15) is 44.5 Å². The molecule has 4 heteroatoms. The Balaban J connectivity index is 2.07. The lowest BCUT2D eigenvalue weighted by Crippen LogP contribution is -2.34. The van der Waals surface area contributed by atoms with Crippen molar-refractivity contribution in [3.05, 3.63) is 59.4 Å². The van der Waals surface area contributed by atoms with Crippen LogP contribution in [-0.2, 0) is 23.2 Å². The zero-order valence-corrected chi connectivity index (χ0v) is 16.9. The van der Waals surface area contributed by atoms with Gasteiger partial charge in [0.1, 0.15) is 0 Å². The molecular weight excluding hydrogens is 324 g/mol. The van der Waals surface area contributed by atoms with Gasteiger partial charge in [0.2, 0.25) is 0 Å². The van der Waals surface area contributed by atoms with Crippen molar-refractivity contribution >= 4 is 0 Å². The minimum absolute atomic E-state index is 0.181. The number of rotatable bonds is 9. The van der Waals surface area contributed by atoms with Crippen molar-refractivity contribution in [1.82, 2.24) is 9.47 Å². The number of hydrogen-bond acceptors (Lipinski definition) is 3. The molecule has 2 aromatic rings. The first-order valence-corrected chi connectivity index (χ1v) is 9.42. The smallest absolute Gasteiger partial charge is 0.0639 e. The van der Waals surface area contributed by atoms with Gasteiger partial charge in [-0.3, -0.25) is 4.90 Å². The topological polar surface area (TPSA) is 37.6 Å². The zero-order chi connectivity index (χ0) is 19.2. The fraction of sp³-hybridized carbons (Fsp3) is 0.545. The Morgan fingerprint density at radius 1 is 1.15 bits per heavy atom. The summed E-state index contributed by atoms with van der Waals surface area (Å²) in [6, 6.07) is 13.2. The van der Waals surface area contributed by atoms with Gasteiger partial charge >= 0.3 is 0 Å². The molecule has 1 aromatic carbocycles. The SMILES string of the molecule is COCCN(Cc1cccn1Cc1ccc(C(C)(C)C)cc1)C[C@H](C)O. The molecule has 1 N–H and O–H groups in total. The molecule has 0 bridgehead atoms. The van der Waals surface area contributed by atoms with E-state index in [1.54, 1.807) is 7.11 Å². The zero-order valence-electron chi connectivity index (χ0n) is 16.9. The Morgan fingerprint density at radius 3 is 2.42 bits per heavy atom. The normalized spacial score (nSPS) is 13.3. The van der Waals surface area contributed by atoms with Crippen LogP contribution in [0.4, 0.5) is 0 Å². The lowest BCUT2D eigenvalue weighted by Gasteiger charge is -2.24. The molecule has 0 spiro atoms. The molecule has 1 aromatic heterocycles. The van der Waals surface area contributed by atoms with Gasteiger partial charge in [-0.2, -0.15) is 0 Å². The standard InChI is InChI=1S/C22H34N2O2/c1-18(25)15-23(13-14-26-5)17-21-7-6-12-24(21)16-19-8-10-20(11-9-19)22(2,3)4/h6-12,18,25H,13-17H2,1-5H3/t18-/m0/s1. The van der Waals surface area contributed by atoms with E-state index in [4.69, 9.17) is 4.74 Å². The predicted molar refractivity (Wildman–Crippen MR) is 108 cm³/mol. The van der Waals surface area contributed by atoms with Gasteiger partial charge in [-0.15, -0.1) is 0 Å². The van der Waals surface area contributed by atoms with E-state index in [9.17, 15) is 5.11 Å². The van der Waals surface area contributed by atoms with Gasteiger partial charge in [0.05, 0.1) is 12.7 Å². The van der Waals surface area contributed by atoms with Crippen molar-refractivity contribution in [3.8, 4) is 0 Å². The van der Waals surface area contributed by atoms with Gasteiger partial charge in [0.25, 0.3) is 0 Å². The van der Waals surface area contributed by atoms with Gasteiger partial charge in [0.15, 0.2) is 0 Å². The van der Waals surface area contributed by atoms with Crippen LogP contribution in [0.2, 0.25) is 0 Å². The van der Waals surface area contributed by atoms with E-state index in [1.165, 1.54) is 16.8 Å². The Bertz CT molecular complexity index is 654. The lowest BCUT2D eigenvalue weighted by molar-refractivity contribution is 0.0926. The van der Waals surface area contributed by atoms with E-state index in [2.05, 4.69) is 72.8 Å². The number of nitrogens with zero attached hydrogens (tertiary/aromatic N) is 2. The molecule has 26 heavy (non-hydrogen) atoms. The summed E-state index contributed by atoms with van der Waals surface area (Å²) in [5.74, 6) is 0. The van der Waals surface area contributed by atoms with Crippen LogP contribution in [0, 0.1) is 0 Å². The van der Waals surface area contributed by atoms with E-state index >= 15 is 0 Å². The molecule has 144 valence electrons. The average Bonchev–Trinajstić information content (AvgIpc) is 2.98. The third kappa shape index (κ3) is 6.27. The number of aromatic nitrogens is 1. The Labute approximate surface area is 158 Å². The molecule has 0 aliphatic heterocycles. The van der Waals surface area contributed by atoms with Crippen LogP contribution < -0.4 is 0 Å². The Hall–Kier alpha value is -1.62. The third-order valence-corrected chi connectivity index (χ3v) is 4.62. The van der Waals surface area contributed by atoms with E-state index < -0.39 is 0 Å². The first-order chi connectivity index (χ1) is 12.3. The molecule has 2 rings (SSSR count). The minimum Gasteiger partial charge on any atom is -0.392 e. The molecule has 0 aliphatic rings. The highest BCUT2D eigenvalue weighted by molar-refractivity contribution is 5.28. The largest absolute Gasteiger partial charge is 0.392 e. The molecule has 0 saturated heterocycles. The highest BCUT2D eigenvalue weighted by Gasteiger charge is 2.14. The van der Waals surface area contributed by atoms with Crippen molar-refractivity contribution in [3.63, 3.8) is 0 Å². The van der Waals surface area contributed by atoms with Crippen molar-refractivity contribution < 1.29 is 9.84 Å². The molecule has 1 heterocycles. The minimum atomic E-state index is -0.347. The molecular formula is C22H34N2O2. The molecule has 0 amide bonds. The van der Waals surface area contributed by atoms with Gasteiger partial charge in [-0.25, -0.2) is 0 Å². The molecule has 0 unspecified atom stereocenters. The van der Waals surface area contributed by atoms with Gasteiger partial charge < -0.3 is 14.4 Å². The second-order valence-electron chi connectivity index (χ2n) is 8.15. The van der Waals surface area contributed by atoms with Crippen molar-refractivity contribution in [1.29, 1.82) is 0 Å². The van der Waals surface area contributed by atoms with Crippen LogP contribution in [0.25, 0.3) is 0 Å². The fourth-order valence-electron chi connectivity index (χ4n) is 3.11. The van der Waals surface area contributed by atoms with Gasteiger partial charge in [-0.1, -0.05) is 45.0 Å². The Kier molecular flexibility index (Phi) is 7.44. The maximum absolute atomic E-state index is 9.76. The number of aliphatic hydroxyl groups is 1. The van der Waals surface area contributed by atoms with E-state index in [0.29, 0.717) is 13.2 Å². The van der Waals surface area contributed by atoms with Crippen LogP contribution in [0.3, 0.4) is 0 Å². The summed E-state index contributed by atoms with van der Waals surface area (Å²) >= 11 is 0. The van der Waals surface area contributed by atoms with Crippen molar-refractivity contribution in [2.75, 3.05) is 26.8 Å². The molecule has 1 atom stereocenters. The van der Waals surface area contributed by atoms with Crippen LogP contribution in [-0.4, -0.2) is 47.5 Å². The molecule has 0 radical (unpaired) electrons. The molecule has 0 saturated carbocycles. The Morgan fingerprint density at radius 2 is 1.85 bits per heavy atom. The van der Waals surface area contributed by atoms with Gasteiger partial charge in [-0.05, 0) is 35.6 Å². The summed E-state index contributed by atoms with van der Waals surface area (Å²) < 4.78 is 7.49. The maximum atomic E-state index is 9.76. The van der Waals surface area contributed by atoms with E-state index in [-0.39, 0.29) is 11.5 Å².